The molecule has 0 aliphatic rings. The second kappa shape index (κ2) is 4.56. The first kappa shape index (κ1) is 13.1. The van der Waals surface area contributed by atoms with Crippen molar-refractivity contribution in [1.82, 2.24) is 4.90 Å². The van der Waals surface area contributed by atoms with Gasteiger partial charge in [0.15, 0.2) is 5.37 Å². The van der Waals surface area contributed by atoms with Crippen LogP contribution in [0.4, 0.5) is 0 Å². The van der Waals surface area contributed by atoms with Gasteiger partial charge < -0.3 is 4.90 Å². The standard InChI is InChI=1S/C8H15NO4S/c1-5-7(10)9(4)8(6(2)3)14(11,12)13/h5-6,8H,1H2,2-4H3,(H,11,12,13). The molecular formula is C8H15NO4S. The summed E-state index contributed by atoms with van der Waals surface area (Å²) in [6.45, 7) is 6.44. The van der Waals surface area contributed by atoms with E-state index in [0.717, 1.165) is 11.0 Å². The highest BCUT2D eigenvalue weighted by Gasteiger charge is 2.32. The minimum absolute atomic E-state index is 0.390. The molecule has 0 aromatic carbocycles. The summed E-state index contributed by atoms with van der Waals surface area (Å²) in [5.41, 5.74) is 0. The van der Waals surface area contributed by atoms with E-state index in [9.17, 15) is 13.2 Å². The van der Waals surface area contributed by atoms with Crippen LogP contribution in [0, 0.1) is 5.92 Å². The number of nitrogens with zero attached hydrogens (tertiary/aromatic N) is 1. The molecular weight excluding hydrogens is 206 g/mol. The van der Waals surface area contributed by atoms with Gasteiger partial charge in [-0.15, -0.1) is 0 Å². The molecule has 0 aromatic rings. The fourth-order valence-corrected chi connectivity index (χ4v) is 2.45. The van der Waals surface area contributed by atoms with E-state index >= 15 is 0 Å². The lowest BCUT2D eigenvalue weighted by Gasteiger charge is -2.27. The Morgan fingerprint density at radius 3 is 2.14 bits per heavy atom. The van der Waals surface area contributed by atoms with E-state index in [1.54, 1.807) is 13.8 Å². The second-order valence-electron chi connectivity index (χ2n) is 3.30. The minimum Gasteiger partial charge on any atom is -0.323 e. The average Bonchev–Trinajstić information content (AvgIpc) is 1.99. The predicted molar refractivity (Wildman–Crippen MR) is 53.1 cm³/mol. The van der Waals surface area contributed by atoms with E-state index in [-0.39, 0.29) is 5.92 Å². The molecule has 0 bridgehead atoms. The van der Waals surface area contributed by atoms with Gasteiger partial charge in [0.2, 0.25) is 5.91 Å². The molecule has 6 heteroatoms. The van der Waals surface area contributed by atoms with Crippen LogP contribution in [0.25, 0.3) is 0 Å². The number of carbonyl (C=O) groups is 1. The lowest BCUT2D eigenvalue weighted by molar-refractivity contribution is -0.126. The third-order valence-electron chi connectivity index (χ3n) is 1.78. The predicted octanol–water partition coefficient (Wildman–Crippen LogP) is 0.501. The van der Waals surface area contributed by atoms with E-state index in [0.29, 0.717) is 0 Å². The van der Waals surface area contributed by atoms with E-state index < -0.39 is 21.4 Å². The largest absolute Gasteiger partial charge is 0.323 e. The fraction of sp³-hybridized carbons (Fsp3) is 0.625. The van der Waals surface area contributed by atoms with Crippen molar-refractivity contribution in [2.75, 3.05) is 7.05 Å². The van der Waals surface area contributed by atoms with Gasteiger partial charge in [0.05, 0.1) is 0 Å². The van der Waals surface area contributed by atoms with E-state index in [2.05, 4.69) is 6.58 Å². The Bertz CT molecular complexity index is 320. The first-order chi connectivity index (χ1) is 6.21. The SMILES string of the molecule is C=CC(=O)N(C)C(C(C)C)S(=O)(=O)O. The zero-order valence-electron chi connectivity index (χ0n) is 8.47. The van der Waals surface area contributed by atoms with E-state index in [1.165, 1.54) is 7.05 Å². The smallest absolute Gasteiger partial charge is 0.286 e. The van der Waals surface area contributed by atoms with Gasteiger partial charge in [-0.25, -0.2) is 0 Å². The molecule has 0 rings (SSSR count). The molecule has 0 saturated carbocycles. The number of carbonyl (C=O) groups excluding carboxylic acids is 1. The van der Waals surface area contributed by atoms with Gasteiger partial charge in [0, 0.05) is 7.05 Å². The van der Waals surface area contributed by atoms with Crippen molar-refractivity contribution in [2.45, 2.75) is 19.2 Å². The molecule has 14 heavy (non-hydrogen) atoms. The van der Waals surface area contributed by atoms with Crippen molar-refractivity contribution in [3.63, 3.8) is 0 Å². The van der Waals surface area contributed by atoms with Crippen LogP contribution >= 0.6 is 0 Å². The Kier molecular flexibility index (Phi) is 4.28. The van der Waals surface area contributed by atoms with E-state index in [4.69, 9.17) is 4.55 Å². The highest BCUT2D eigenvalue weighted by atomic mass is 32.2. The van der Waals surface area contributed by atoms with Gasteiger partial charge in [-0.3, -0.25) is 9.35 Å². The van der Waals surface area contributed by atoms with Gasteiger partial charge in [-0.1, -0.05) is 20.4 Å². The van der Waals surface area contributed by atoms with Crippen LogP contribution in [0.1, 0.15) is 13.8 Å². The summed E-state index contributed by atoms with van der Waals surface area (Å²) in [6.07, 6.45) is 1.00. The third-order valence-corrected chi connectivity index (χ3v) is 3.25. The van der Waals surface area contributed by atoms with Crippen LogP contribution in [0.3, 0.4) is 0 Å². The van der Waals surface area contributed by atoms with Crippen molar-refractivity contribution in [1.29, 1.82) is 0 Å². The van der Waals surface area contributed by atoms with Crippen LogP contribution in [-0.2, 0) is 14.9 Å². The molecule has 1 N–H and O–H groups in total. The summed E-state index contributed by atoms with van der Waals surface area (Å²) in [5.74, 6) is -0.930. The zero-order chi connectivity index (χ0) is 11.5. The van der Waals surface area contributed by atoms with Crippen molar-refractivity contribution in [3.8, 4) is 0 Å². The minimum atomic E-state index is -4.26. The second-order valence-corrected chi connectivity index (χ2v) is 4.82. The maximum atomic E-state index is 11.1. The Hall–Kier alpha value is -0.880. The van der Waals surface area contributed by atoms with Crippen molar-refractivity contribution >= 4 is 16.0 Å². The normalized spacial score (nSPS) is 13.8. The highest BCUT2D eigenvalue weighted by Crippen LogP contribution is 2.15. The number of likely N-dealkylation sites (N-methyl/N-ethyl adjacent to an activating group) is 1. The maximum Gasteiger partial charge on any atom is 0.286 e. The van der Waals surface area contributed by atoms with Gasteiger partial charge in [-0.2, -0.15) is 8.42 Å². The average molecular weight is 221 g/mol. The number of hydrogen-bond acceptors (Lipinski definition) is 3. The summed E-state index contributed by atoms with van der Waals surface area (Å²) in [7, 11) is -2.95. The summed E-state index contributed by atoms with van der Waals surface area (Å²) < 4.78 is 30.8. The summed E-state index contributed by atoms with van der Waals surface area (Å²) in [4.78, 5) is 12.1. The Balaban J connectivity index is 5.05. The Morgan fingerprint density at radius 2 is 1.93 bits per heavy atom. The van der Waals surface area contributed by atoms with Crippen LogP contribution in [0.15, 0.2) is 12.7 Å². The molecule has 0 fully saturated rings. The molecule has 0 aliphatic carbocycles. The van der Waals surface area contributed by atoms with Gasteiger partial charge >= 0.3 is 0 Å². The monoisotopic (exact) mass is 221 g/mol. The first-order valence-electron chi connectivity index (χ1n) is 4.07. The van der Waals surface area contributed by atoms with Crippen molar-refractivity contribution < 1.29 is 17.8 Å². The number of hydrogen-bond donors (Lipinski definition) is 1. The van der Waals surface area contributed by atoms with Crippen molar-refractivity contribution in [3.05, 3.63) is 12.7 Å². The highest BCUT2D eigenvalue weighted by molar-refractivity contribution is 7.86. The van der Waals surface area contributed by atoms with Gasteiger partial charge in [0.1, 0.15) is 0 Å². The molecule has 0 spiro atoms. The summed E-state index contributed by atoms with van der Waals surface area (Å²) in [6, 6.07) is 0. The molecule has 5 nitrogen and oxygen atoms in total. The molecule has 0 aromatic heterocycles. The molecule has 82 valence electrons. The molecule has 0 saturated heterocycles. The molecule has 0 radical (unpaired) electrons. The van der Waals surface area contributed by atoms with E-state index in [1.807, 2.05) is 0 Å². The molecule has 1 atom stereocenters. The van der Waals surface area contributed by atoms with Crippen LogP contribution in [0.5, 0.6) is 0 Å². The summed E-state index contributed by atoms with van der Waals surface area (Å²) >= 11 is 0. The Morgan fingerprint density at radius 1 is 1.50 bits per heavy atom. The summed E-state index contributed by atoms with van der Waals surface area (Å²) in [5, 5.41) is -1.23. The van der Waals surface area contributed by atoms with Crippen LogP contribution in [-0.4, -0.2) is 36.2 Å². The molecule has 0 aliphatic heterocycles. The van der Waals surface area contributed by atoms with Gasteiger partial charge in [0.25, 0.3) is 10.1 Å². The van der Waals surface area contributed by atoms with Crippen molar-refractivity contribution in [2.24, 2.45) is 5.92 Å². The quantitative estimate of drug-likeness (QED) is 0.554. The number of rotatable bonds is 4. The lowest BCUT2D eigenvalue weighted by atomic mass is 10.2. The van der Waals surface area contributed by atoms with Crippen LogP contribution in [0.2, 0.25) is 0 Å². The van der Waals surface area contributed by atoms with Gasteiger partial charge in [-0.05, 0) is 12.0 Å². The molecule has 0 heterocycles. The maximum absolute atomic E-state index is 11.1. The number of amides is 1. The third kappa shape index (κ3) is 3.12. The molecule has 1 amide bonds. The lowest BCUT2D eigenvalue weighted by Crippen LogP contribution is -2.44. The molecule has 1 unspecified atom stereocenters. The Labute approximate surface area is 84.2 Å². The fourth-order valence-electron chi connectivity index (χ4n) is 1.26. The topological polar surface area (TPSA) is 74.7 Å². The zero-order valence-corrected chi connectivity index (χ0v) is 9.28. The van der Waals surface area contributed by atoms with Crippen LogP contribution < -0.4 is 0 Å². The first-order valence-corrected chi connectivity index (χ1v) is 5.57.